The van der Waals surface area contributed by atoms with E-state index < -0.39 is 6.09 Å². The summed E-state index contributed by atoms with van der Waals surface area (Å²) < 4.78 is 10.6. The number of piperidine rings is 1. The number of rotatable bonds is 4. The van der Waals surface area contributed by atoms with Gasteiger partial charge in [-0.2, -0.15) is 0 Å². The van der Waals surface area contributed by atoms with Crippen LogP contribution in [0, 0.1) is 11.8 Å². The molecule has 1 saturated heterocycles. The van der Waals surface area contributed by atoms with Gasteiger partial charge in [-0.15, -0.1) is 0 Å². The standard InChI is InChI=1S/C18H23NO5/c1-23-15-9-12-8-13(17(20)14(12)10-16(15)24-2)7-11-3-5-19(6-4-11)18(21)22/h9-11,13H,3-8H2,1-2H3,(H,21,22). The van der Waals surface area contributed by atoms with Crippen molar-refractivity contribution in [3.05, 3.63) is 23.3 Å². The predicted molar refractivity (Wildman–Crippen MR) is 88.0 cm³/mol. The zero-order chi connectivity index (χ0) is 17.3. The van der Waals surface area contributed by atoms with E-state index >= 15 is 0 Å². The summed E-state index contributed by atoms with van der Waals surface area (Å²) in [7, 11) is 3.16. The topological polar surface area (TPSA) is 76.1 Å². The number of methoxy groups -OCH3 is 2. The molecule has 0 saturated carbocycles. The van der Waals surface area contributed by atoms with Gasteiger partial charge in [-0.1, -0.05) is 0 Å². The van der Waals surface area contributed by atoms with Crippen LogP contribution in [-0.2, 0) is 6.42 Å². The van der Waals surface area contributed by atoms with Gasteiger partial charge in [0.15, 0.2) is 17.3 Å². The molecule has 6 heteroatoms. The van der Waals surface area contributed by atoms with Gasteiger partial charge in [0.1, 0.15) is 0 Å². The third kappa shape index (κ3) is 3.05. The van der Waals surface area contributed by atoms with Crippen LogP contribution >= 0.6 is 0 Å². The fourth-order valence-corrected chi connectivity index (χ4v) is 3.85. The summed E-state index contributed by atoms with van der Waals surface area (Å²) in [4.78, 5) is 25.1. The van der Waals surface area contributed by atoms with Crippen molar-refractivity contribution >= 4 is 11.9 Å². The minimum atomic E-state index is -0.850. The molecule has 2 aliphatic rings. The van der Waals surface area contributed by atoms with Crippen LogP contribution in [0.3, 0.4) is 0 Å². The van der Waals surface area contributed by atoms with Crippen molar-refractivity contribution in [2.75, 3.05) is 27.3 Å². The van der Waals surface area contributed by atoms with E-state index in [0.717, 1.165) is 36.8 Å². The minimum Gasteiger partial charge on any atom is -0.493 e. The van der Waals surface area contributed by atoms with Gasteiger partial charge in [0.2, 0.25) is 0 Å². The summed E-state index contributed by atoms with van der Waals surface area (Å²) in [6.07, 6.45) is 2.37. The third-order valence-electron chi connectivity index (χ3n) is 5.21. The molecule has 0 aromatic heterocycles. The molecule has 1 aliphatic heterocycles. The number of amides is 1. The lowest BCUT2D eigenvalue weighted by Gasteiger charge is -2.31. The van der Waals surface area contributed by atoms with E-state index in [4.69, 9.17) is 14.6 Å². The molecule has 24 heavy (non-hydrogen) atoms. The maximum atomic E-state index is 12.7. The van der Waals surface area contributed by atoms with Gasteiger partial charge in [0.05, 0.1) is 14.2 Å². The zero-order valence-electron chi connectivity index (χ0n) is 14.1. The monoisotopic (exact) mass is 333 g/mol. The van der Waals surface area contributed by atoms with E-state index in [1.165, 1.54) is 4.90 Å². The predicted octanol–water partition coefficient (Wildman–Crippen LogP) is 2.84. The molecule has 1 aromatic carbocycles. The number of hydrogen-bond donors (Lipinski definition) is 1. The second-order valence-corrected chi connectivity index (χ2v) is 6.58. The number of carbonyl (C=O) groups is 2. The van der Waals surface area contributed by atoms with E-state index in [1.807, 2.05) is 6.07 Å². The lowest BCUT2D eigenvalue weighted by atomic mass is 9.85. The van der Waals surface area contributed by atoms with Crippen LogP contribution in [0.15, 0.2) is 12.1 Å². The number of ether oxygens (including phenoxy) is 2. The lowest BCUT2D eigenvalue weighted by molar-refractivity contribution is 0.0887. The Kier molecular flexibility index (Phi) is 4.64. The molecule has 6 nitrogen and oxygen atoms in total. The first-order valence-corrected chi connectivity index (χ1v) is 8.30. The summed E-state index contributed by atoms with van der Waals surface area (Å²) >= 11 is 0. The van der Waals surface area contributed by atoms with E-state index in [0.29, 0.717) is 30.5 Å². The summed E-state index contributed by atoms with van der Waals surface area (Å²) in [6, 6.07) is 3.68. The average Bonchev–Trinajstić information content (AvgIpc) is 2.89. The van der Waals surface area contributed by atoms with Crippen molar-refractivity contribution in [1.82, 2.24) is 4.90 Å². The number of hydrogen-bond acceptors (Lipinski definition) is 4. The summed E-state index contributed by atoms with van der Waals surface area (Å²) in [5.74, 6) is 1.80. The van der Waals surface area contributed by atoms with Gasteiger partial charge in [-0.25, -0.2) is 4.79 Å². The molecule has 1 atom stereocenters. The Hall–Kier alpha value is -2.24. The largest absolute Gasteiger partial charge is 0.493 e. The molecule has 3 rings (SSSR count). The van der Waals surface area contributed by atoms with Crippen molar-refractivity contribution in [3.8, 4) is 11.5 Å². The summed E-state index contributed by atoms with van der Waals surface area (Å²) in [5, 5.41) is 9.02. The van der Waals surface area contributed by atoms with Gasteiger partial charge in [-0.05, 0) is 49.3 Å². The third-order valence-corrected chi connectivity index (χ3v) is 5.21. The maximum Gasteiger partial charge on any atom is 0.407 e. The Morgan fingerprint density at radius 3 is 2.42 bits per heavy atom. The van der Waals surface area contributed by atoms with Gasteiger partial charge in [-0.3, -0.25) is 4.79 Å². The quantitative estimate of drug-likeness (QED) is 0.917. The highest BCUT2D eigenvalue weighted by atomic mass is 16.5. The molecular formula is C18H23NO5. The Morgan fingerprint density at radius 2 is 1.83 bits per heavy atom. The van der Waals surface area contributed by atoms with Crippen LogP contribution in [0.2, 0.25) is 0 Å². The Morgan fingerprint density at radius 1 is 1.21 bits per heavy atom. The molecule has 130 valence electrons. The Bertz CT molecular complexity index is 649. The number of carboxylic acid groups (broad SMARTS) is 1. The van der Waals surface area contributed by atoms with Crippen molar-refractivity contribution < 1.29 is 24.2 Å². The van der Waals surface area contributed by atoms with Crippen LogP contribution in [0.4, 0.5) is 4.79 Å². The molecule has 0 radical (unpaired) electrons. The minimum absolute atomic E-state index is 0.0156. The summed E-state index contributed by atoms with van der Waals surface area (Å²) in [6.45, 7) is 1.13. The molecule has 1 heterocycles. The number of Topliss-reactive ketones (excluding diaryl/α,β-unsaturated/α-hetero) is 1. The Balaban J connectivity index is 1.67. The molecule has 1 N–H and O–H groups in total. The highest BCUT2D eigenvalue weighted by Gasteiger charge is 2.34. The fourth-order valence-electron chi connectivity index (χ4n) is 3.85. The number of likely N-dealkylation sites (tertiary alicyclic amines) is 1. The fraction of sp³-hybridized carbons (Fsp3) is 0.556. The van der Waals surface area contributed by atoms with E-state index in [2.05, 4.69) is 0 Å². The number of ketones is 1. The second-order valence-electron chi connectivity index (χ2n) is 6.58. The van der Waals surface area contributed by atoms with Gasteiger partial charge in [0, 0.05) is 24.6 Å². The molecule has 1 aromatic rings. The Labute approximate surface area is 141 Å². The number of nitrogens with zero attached hydrogens (tertiary/aromatic N) is 1. The lowest BCUT2D eigenvalue weighted by Crippen LogP contribution is -2.38. The van der Waals surface area contributed by atoms with Crippen LogP contribution in [0.5, 0.6) is 11.5 Å². The number of fused-ring (bicyclic) bond motifs is 1. The van der Waals surface area contributed by atoms with Crippen molar-refractivity contribution in [1.29, 1.82) is 0 Å². The van der Waals surface area contributed by atoms with Gasteiger partial charge in [0.25, 0.3) is 0 Å². The molecule has 0 bridgehead atoms. The number of carbonyl (C=O) groups excluding carboxylic acids is 1. The molecule has 0 spiro atoms. The first-order chi connectivity index (χ1) is 11.5. The van der Waals surface area contributed by atoms with Gasteiger partial charge >= 0.3 is 6.09 Å². The van der Waals surface area contributed by atoms with Crippen LogP contribution < -0.4 is 9.47 Å². The van der Waals surface area contributed by atoms with Crippen molar-refractivity contribution in [2.45, 2.75) is 25.7 Å². The second kappa shape index (κ2) is 6.71. The van der Waals surface area contributed by atoms with E-state index in [1.54, 1.807) is 20.3 Å². The highest BCUT2D eigenvalue weighted by Crippen LogP contribution is 2.39. The molecule has 1 unspecified atom stereocenters. The average molecular weight is 333 g/mol. The SMILES string of the molecule is COc1cc2c(cc1OC)C(=O)C(CC1CCN(C(=O)O)CC1)C2. The highest BCUT2D eigenvalue weighted by molar-refractivity contribution is 6.02. The summed E-state index contributed by atoms with van der Waals surface area (Å²) in [5.41, 5.74) is 1.76. The van der Waals surface area contributed by atoms with Crippen molar-refractivity contribution in [2.24, 2.45) is 11.8 Å². The van der Waals surface area contributed by atoms with Crippen LogP contribution in [0.25, 0.3) is 0 Å². The van der Waals surface area contributed by atoms with Crippen LogP contribution in [0.1, 0.15) is 35.2 Å². The first-order valence-electron chi connectivity index (χ1n) is 8.30. The maximum absolute atomic E-state index is 12.7. The smallest absolute Gasteiger partial charge is 0.407 e. The normalized spacial score (nSPS) is 20.8. The van der Waals surface area contributed by atoms with E-state index in [9.17, 15) is 9.59 Å². The molecule has 1 aliphatic carbocycles. The zero-order valence-corrected chi connectivity index (χ0v) is 14.1. The number of benzene rings is 1. The van der Waals surface area contributed by atoms with Crippen LogP contribution in [-0.4, -0.2) is 49.2 Å². The molecular weight excluding hydrogens is 310 g/mol. The molecule has 1 fully saturated rings. The van der Waals surface area contributed by atoms with E-state index in [-0.39, 0.29) is 11.7 Å². The first kappa shape index (κ1) is 16.6. The molecule has 1 amide bonds. The van der Waals surface area contributed by atoms with Crippen molar-refractivity contribution in [3.63, 3.8) is 0 Å². The van der Waals surface area contributed by atoms with Gasteiger partial charge < -0.3 is 19.5 Å².